The van der Waals surface area contributed by atoms with Crippen molar-refractivity contribution in [1.82, 2.24) is 10.6 Å². The molecule has 0 aliphatic heterocycles. The molecule has 1 aromatic rings. The van der Waals surface area contributed by atoms with E-state index in [0.29, 0.717) is 18.5 Å². The monoisotopic (exact) mass is 327 g/mol. The number of hydrogen-bond donors (Lipinski definition) is 3. The molecule has 2 rings (SSSR count). The highest BCUT2D eigenvalue weighted by molar-refractivity contribution is 6.33. The van der Waals surface area contributed by atoms with Crippen LogP contribution in [0.1, 0.15) is 32.1 Å². The number of anilines is 1. The minimum Gasteiger partial charge on any atom is -0.357 e. The molecular weight excluding hydrogens is 309 g/mol. The minimum absolute atomic E-state index is 0.104. The van der Waals surface area contributed by atoms with Gasteiger partial charge in [-0.2, -0.15) is 0 Å². The largest absolute Gasteiger partial charge is 0.357 e. The Morgan fingerprint density at radius 1 is 1.23 bits per heavy atom. The molecule has 7 heteroatoms. The molecule has 0 atom stereocenters. The lowest BCUT2D eigenvalue weighted by Gasteiger charge is -2.36. The van der Waals surface area contributed by atoms with Crippen LogP contribution < -0.4 is 16.0 Å². The first-order chi connectivity index (χ1) is 10.5. The third kappa shape index (κ3) is 3.68. The van der Waals surface area contributed by atoms with Crippen LogP contribution in [0.15, 0.2) is 18.2 Å². The van der Waals surface area contributed by atoms with Gasteiger partial charge >= 0.3 is 6.03 Å². The van der Waals surface area contributed by atoms with Crippen LogP contribution in [0.3, 0.4) is 0 Å². The summed E-state index contributed by atoms with van der Waals surface area (Å²) in [6.45, 7) is 0. The van der Waals surface area contributed by atoms with Crippen LogP contribution in [0, 0.1) is 5.82 Å². The Kier molecular flexibility index (Phi) is 5.24. The average molecular weight is 328 g/mol. The number of halogens is 2. The van der Waals surface area contributed by atoms with Crippen molar-refractivity contribution >= 4 is 29.2 Å². The van der Waals surface area contributed by atoms with E-state index in [0.717, 1.165) is 25.3 Å². The van der Waals surface area contributed by atoms with Crippen molar-refractivity contribution in [2.75, 3.05) is 12.4 Å². The predicted molar refractivity (Wildman–Crippen MR) is 83.4 cm³/mol. The molecule has 1 fully saturated rings. The van der Waals surface area contributed by atoms with Crippen LogP contribution in [0.2, 0.25) is 5.02 Å². The van der Waals surface area contributed by atoms with Crippen molar-refractivity contribution in [3.8, 4) is 0 Å². The van der Waals surface area contributed by atoms with Gasteiger partial charge in [0.25, 0.3) is 0 Å². The van der Waals surface area contributed by atoms with E-state index in [1.807, 2.05) is 0 Å². The Bertz CT molecular complexity index is 574. The lowest BCUT2D eigenvalue weighted by atomic mass is 9.81. The van der Waals surface area contributed by atoms with Gasteiger partial charge in [-0.25, -0.2) is 9.18 Å². The van der Waals surface area contributed by atoms with Crippen molar-refractivity contribution in [2.45, 2.75) is 37.6 Å². The lowest BCUT2D eigenvalue weighted by molar-refractivity contribution is -0.128. The van der Waals surface area contributed by atoms with Crippen LogP contribution in [0.25, 0.3) is 0 Å². The predicted octanol–water partition coefficient (Wildman–Crippen LogP) is 3.05. The Labute approximate surface area is 133 Å². The molecule has 0 aromatic heterocycles. The average Bonchev–Trinajstić information content (AvgIpc) is 2.50. The summed E-state index contributed by atoms with van der Waals surface area (Å²) in [7, 11) is 1.55. The van der Waals surface area contributed by atoms with E-state index >= 15 is 0 Å². The van der Waals surface area contributed by atoms with Gasteiger partial charge in [-0.3, -0.25) is 4.79 Å². The van der Waals surface area contributed by atoms with E-state index in [1.165, 1.54) is 12.1 Å². The van der Waals surface area contributed by atoms with E-state index < -0.39 is 17.4 Å². The smallest absolute Gasteiger partial charge is 0.320 e. The van der Waals surface area contributed by atoms with E-state index in [9.17, 15) is 14.0 Å². The second-order valence-corrected chi connectivity index (χ2v) is 5.83. The lowest BCUT2D eigenvalue weighted by Crippen LogP contribution is -2.60. The van der Waals surface area contributed by atoms with Crippen LogP contribution in [0.5, 0.6) is 0 Å². The van der Waals surface area contributed by atoms with Crippen LogP contribution in [-0.2, 0) is 4.79 Å². The molecule has 0 bridgehead atoms. The Morgan fingerprint density at radius 2 is 1.91 bits per heavy atom. The molecule has 0 radical (unpaired) electrons. The summed E-state index contributed by atoms with van der Waals surface area (Å²) in [5.41, 5.74) is -0.604. The summed E-state index contributed by atoms with van der Waals surface area (Å²) in [5.74, 6) is -0.683. The van der Waals surface area contributed by atoms with Crippen molar-refractivity contribution < 1.29 is 14.0 Å². The molecule has 1 aliphatic rings. The Balaban J connectivity index is 2.09. The number of carbonyl (C=O) groups is 2. The summed E-state index contributed by atoms with van der Waals surface area (Å²) in [6, 6.07) is 3.17. The van der Waals surface area contributed by atoms with Crippen LogP contribution in [0.4, 0.5) is 14.9 Å². The fourth-order valence-corrected chi connectivity index (χ4v) is 2.98. The quantitative estimate of drug-likeness (QED) is 0.798. The molecule has 120 valence electrons. The molecule has 22 heavy (non-hydrogen) atoms. The summed E-state index contributed by atoms with van der Waals surface area (Å²) in [4.78, 5) is 24.3. The second kappa shape index (κ2) is 6.96. The SMILES string of the molecule is CNC(=O)C1(NC(=O)Nc2ccc(F)cc2Cl)CCCCC1. The summed E-state index contributed by atoms with van der Waals surface area (Å²) >= 11 is 5.88. The van der Waals surface area contributed by atoms with E-state index in [-0.39, 0.29) is 10.9 Å². The third-order valence-electron chi connectivity index (χ3n) is 3.90. The van der Waals surface area contributed by atoms with Gasteiger partial charge in [-0.1, -0.05) is 30.9 Å². The fraction of sp³-hybridized carbons (Fsp3) is 0.467. The topological polar surface area (TPSA) is 70.2 Å². The number of nitrogens with one attached hydrogen (secondary N) is 3. The fourth-order valence-electron chi connectivity index (χ4n) is 2.77. The maximum atomic E-state index is 13.0. The number of urea groups is 1. The van der Waals surface area contributed by atoms with Crippen LogP contribution in [-0.4, -0.2) is 24.5 Å². The second-order valence-electron chi connectivity index (χ2n) is 5.43. The van der Waals surface area contributed by atoms with Crippen molar-refractivity contribution in [3.63, 3.8) is 0 Å². The zero-order chi connectivity index (χ0) is 16.2. The highest BCUT2D eigenvalue weighted by atomic mass is 35.5. The molecular formula is C15H19ClFN3O2. The van der Waals surface area contributed by atoms with Gasteiger partial charge < -0.3 is 16.0 Å². The first-order valence-electron chi connectivity index (χ1n) is 7.23. The van der Waals surface area contributed by atoms with Crippen molar-refractivity contribution in [3.05, 3.63) is 29.0 Å². The Morgan fingerprint density at radius 3 is 2.50 bits per heavy atom. The summed E-state index contributed by atoms with van der Waals surface area (Å²) in [5, 5.41) is 8.03. The van der Waals surface area contributed by atoms with Crippen molar-refractivity contribution in [2.24, 2.45) is 0 Å². The van der Waals surface area contributed by atoms with Gasteiger partial charge in [0.05, 0.1) is 10.7 Å². The van der Waals surface area contributed by atoms with Crippen molar-refractivity contribution in [1.29, 1.82) is 0 Å². The first kappa shape index (κ1) is 16.5. The maximum absolute atomic E-state index is 13.0. The number of hydrogen-bond acceptors (Lipinski definition) is 2. The molecule has 0 saturated heterocycles. The molecule has 1 aliphatic carbocycles. The molecule has 3 N–H and O–H groups in total. The number of amides is 3. The molecule has 1 aromatic carbocycles. The van der Waals surface area contributed by atoms with Gasteiger partial charge in [-0.15, -0.1) is 0 Å². The molecule has 0 spiro atoms. The van der Waals surface area contributed by atoms with E-state index in [1.54, 1.807) is 7.05 Å². The molecule has 0 heterocycles. The summed E-state index contributed by atoms with van der Waals surface area (Å²) in [6.07, 6.45) is 4.00. The number of carbonyl (C=O) groups excluding carboxylic acids is 2. The van der Waals surface area contributed by atoms with Gasteiger partial charge in [0, 0.05) is 7.05 Å². The van der Waals surface area contributed by atoms with Gasteiger partial charge in [0.2, 0.25) is 5.91 Å². The number of rotatable bonds is 3. The van der Waals surface area contributed by atoms with Crippen LogP contribution >= 0.6 is 11.6 Å². The van der Waals surface area contributed by atoms with Gasteiger partial charge in [-0.05, 0) is 31.0 Å². The highest BCUT2D eigenvalue weighted by Crippen LogP contribution is 2.29. The molecule has 3 amide bonds. The zero-order valence-electron chi connectivity index (χ0n) is 12.3. The Hall–Kier alpha value is -1.82. The summed E-state index contributed by atoms with van der Waals surface area (Å²) < 4.78 is 13.0. The molecule has 1 saturated carbocycles. The number of likely N-dealkylation sites (N-methyl/N-ethyl adjacent to an activating group) is 1. The van der Waals surface area contributed by atoms with E-state index in [2.05, 4.69) is 16.0 Å². The first-order valence-corrected chi connectivity index (χ1v) is 7.61. The maximum Gasteiger partial charge on any atom is 0.320 e. The normalized spacial score (nSPS) is 16.7. The van der Waals surface area contributed by atoms with Gasteiger partial charge in [0.1, 0.15) is 11.4 Å². The number of benzene rings is 1. The zero-order valence-corrected chi connectivity index (χ0v) is 13.1. The van der Waals surface area contributed by atoms with Gasteiger partial charge in [0.15, 0.2) is 0 Å². The highest BCUT2D eigenvalue weighted by Gasteiger charge is 2.40. The molecule has 5 nitrogen and oxygen atoms in total. The van der Waals surface area contributed by atoms with E-state index in [4.69, 9.17) is 11.6 Å². The third-order valence-corrected chi connectivity index (χ3v) is 4.21. The standard InChI is InChI=1S/C15H19ClFN3O2/c1-18-13(21)15(7-3-2-4-8-15)20-14(22)19-12-6-5-10(17)9-11(12)16/h5-6,9H,2-4,7-8H2,1H3,(H,18,21)(H2,19,20,22). The molecule has 0 unspecified atom stereocenters. The minimum atomic E-state index is -0.899.